The van der Waals surface area contributed by atoms with Crippen molar-refractivity contribution in [2.75, 3.05) is 11.9 Å². The van der Waals surface area contributed by atoms with Crippen molar-refractivity contribution < 1.29 is 4.79 Å². The Hall–Kier alpha value is -1.82. The van der Waals surface area contributed by atoms with Crippen molar-refractivity contribution in [1.29, 1.82) is 5.26 Å². The average molecular weight is 228 g/mol. The standard InChI is InChI=1S/C14H16N2O/c1-16(14(17)6-3-9-15)13-8-7-11-4-2-5-12(11)10-13/h7-8,10H,2-6H2,1H3. The molecular formula is C14H16N2O. The zero-order valence-electron chi connectivity index (χ0n) is 10.1. The Bertz CT molecular complexity index is 474. The quantitative estimate of drug-likeness (QED) is 0.797. The van der Waals surface area contributed by atoms with Gasteiger partial charge in [0.2, 0.25) is 5.91 Å². The van der Waals surface area contributed by atoms with Gasteiger partial charge in [-0.3, -0.25) is 4.79 Å². The summed E-state index contributed by atoms with van der Waals surface area (Å²) in [6.45, 7) is 0. The van der Waals surface area contributed by atoms with Crippen LogP contribution < -0.4 is 4.90 Å². The van der Waals surface area contributed by atoms with Gasteiger partial charge in [-0.25, -0.2) is 0 Å². The van der Waals surface area contributed by atoms with Crippen molar-refractivity contribution in [1.82, 2.24) is 0 Å². The topological polar surface area (TPSA) is 44.1 Å². The largest absolute Gasteiger partial charge is 0.315 e. The van der Waals surface area contributed by atoms with Gasteiger partial charge in [-0.1, -0.05) is 6.07 Å². The molecule has 0 bridgehead atoms. The van der Waals surface area contributed by atoms with E-state index in [2.05, 4.69) is 12.1 Å². The number of anilines is 1. The summed E-state index contributed by atoms with van der Waals surface area (Å²) in [6, 6.07) is 8.21. The molecular weight excluding hydrogens is 212 g/mol. The van der Waals surface area contributed by atoms with Crippen LogP contribution in [-0.4, -0.2) is 13.0 Å². The summed E-state index contributed by atoms with van der Waals surface area (Å²) in [4.78, 5) is 13.4. The lowest BCUT2D eigenvalue weighted by molar-refractivity contribution is -0.118. The van der Waals surface area contributed by atoms with E-state index in [-0.39, 0.29) is 12.3 Å². The first-order valence-electron chi connectivity index (χ1n) is 5.97. The minimum atomic E-state index is 0.00416. The first-order valence-corrected chi connectivity index (χ1v) is 5.97. The van der Waals surface area contributed by atoms with Gasteiger partial charge >= 0.3 is 0 Å². The minimum Gasteiger partial charge on any atom is -0.315 e. The van der Waals surface area contributed by atoms with E-state index in [1.165, 1.54) is 17.5 Å². The van der Waals surface area contributed by atoms with Crippen molar-refractivity contribution in [3.63, 3.8) is 0 Å². The van der Waals surface area contributed by atoms with Gasteiger partial charge in [0.15, 0.2) is 0 Å². The third-order valence-corrected chi connectivity index (χ3v) is 3.29. The Kier molecular flexibility index (Phi) is 3.43. The molecule has 0 N–H and O–H groups in total. The molecule has 1 amide bonds. The fourth-order valence-electron chi connectivity index (χ4n) is 2.24. The fourth-order valence-corrected chi connectivity index (χ4v) is 2.24. The van der Waals surface area contributed by atoms with Crippen LogP contribution in [0.15, 0.2) is 18.2 Å². The lowest BCUT2D eigenvalue weighted by atomic mass is 10.1. The molecule has 2 rings (SSSR count). The highest BCUT2D eigenvalue weighted by Gasteiger charge is 2.15. The van der Waals surface area contributed by atoms with Crippen LogP contribution >= 0.6 is 0 Å². The molecule has 0 radical (unpaired) electrons. The molecule has 3 heteroatoms. The predicted molar refractivity (Wildman–Crippen MR) is 66.7 cm³/mol. The van der Waals surface area contributed by atoms with E-state index in [9.17, 15) is 4.79 Å². The lowest BCUT2D eigenvalue weighted by Crippen LogP contribution is -2.25. The third-order valence-electron chi connectivity index (χ3n) is 3.29. The molecule has 1 aliphatic carbocycles. The number of amides is 1. The van der Waals surface area contributed by atoms with Crippen molar-refractivity contribution in [3.8, 4) is 6.07 Å². The van der Waals surface area contributed by atoms with Crippen LogP contribution in [0.2, 0.25) is 0 Å². The summed E-state index contributed by atoms with van der Waals surface area (Å²) in [5.74, 6) is 0.00416. The molecule has 17 heavy (non-hydrogen) atoms. The second-order valence-electron chi connectivity index (χ2n) is 4.42. The maximum absolute atomic E-state index is 11.8. The Morgan fingerprint density at radius 1 is 1.41 bits per heavy atom. The van der Waals surface area contributed by atoms with Crippen molar-refractivity contribution >= 4 is 11.6 Å². The SMILES string of the molecule is CN(C(=O)CCC#N)c1ccc2c(c1)CCC2. The second-order valence-corrected chi connectivity index (χ2v) is 4.42. The van der Waals surface area contributed by atoms with E-state index >= 15 is 0 Å². The summed E-state index contributed by atoms with van der Waals surface area (Å²) in [6.07, 6.45) is 4.06. The van der Waals surface area contributed by atoms with E-state index < -0.39 is 0 Å². The maximum Gasteiger partial charge on any atom is 0.227 e. The number of carbonyl (C=O) groups is 1. The van der Waals surface area contributed by atoms with Gasteiger partial charge in [0.05, 0.1) is 6.07 Å². The number of nitrogens with zero attached hydrogens (tertiary/aromatic N) is 2. The maximum atomic E-state index is 11.8. The summed E-state index contributed by atoms with van der Waals surface area (Å²) < 4.78 is 0. The molecule has 0 heterocycles. The normalized spacial score (nSPS) is 12.9. The van der Waals surface area contributed by atoms with Gasteiger partial charge in [0.25, 0.3) is 0 Å². The molecule has 0 aromatic heterocycles. The molecule has 1 aromatic rings. The summed E-state index contributed by atoms with van der Waals surface area (Å²) in [5, 5.41) is 8.47. The first kappa shape index (κ1) is 11.7. The number of hydrogen-bond acceptors (Lipinski definition) is 2. The van der Waals surface area contributed by atoms with Gasteiger partial charge < -0.3 is 4.90 Å². The highest BCUT2D eigenvalue weighted by atomic mass is 16.2. The van der Waals surface area contributed by atoms with Gasteiger partial charge in [-0.05, 0) is 42.5 Å². The molecule has 0 saturated carbocycles. The van der Waals surface area contributed by atoms with E-state index in [0.717, 1.165) is 18.5 Å². The van der Waals surface area contributed by atoms with Crippen molar-refractivity contribution in [2.45, 2.75) is 32.1 Å². The molecule has 88 valence electrons. The Labute approximate surface area is 102 Å². The molecule has 0 aliphatic heterocycles. The number of rotatable bonds is 3. The highest BCUT2D eigenvalue weighted by Crippen LogP contribution is 2.26. The number of benzene rings is 1. The molecule has 1 aliphatic rings. The molecule has 0 saturated heterocycles. The molecule has 1 aromatic carbocycles. The molecule has 3 nitrogen and oxygen atoms in total. The van der Waals surface area contributed by atoms with Crippen LogP contribution in [0.25, 0.3) is 0 Å². The van der Waals surface area contributed by atoms with Crippen molar-refractivity contribution in [3.05, 3.63) is 29.3 Å². The molecule has 0 atom stereocenters. The van der Waals surface area contributed by atoms with Gasteiger partial charge in [0.1, 0.15) is 0 Å². The van der Waals surface area contributed by atoms with Crippen LogP contribution in [0.1, 0.15) is 30.4 Å². The van der Waals surface area contributed by atoms with E-state index in [0.29, 0.717) is 6.42 Å². The van der Waals surface area contributed by atoms with E-state index in [4.69, 9.17) is 5.26 Å². The zero-order chi connectivity index (χ0) is 12.3. The Morgan fingerprint density at radius 2 is 2.18 bits per heavy atom. The summed E-state index contributed by atoms with van der Waals surface area (Å²) in [5.41, 5.74) is 3.71. The number of aryl methyl sites for hydroxylation is 2. The zero-order valence-corrected chi connectivity index (χ0v) is 10.1. The summed E-state index contributed by atoms with van der Waals surface area (Å²) in [7, 11) is 1.77. The average Bonchev–Trinajstić information content (AvgIpc) is 2.81. The first-order chi connectivity index (χ1) is 8.22. The fraction of sp³-hybridized carbons (Fsp3) is 0.429. The van der Waals surface area contributed by atoms with E-state index in [1.54, 1.807) is 11.9 Å². The highest BCUT2D eigenvalue weighted by molar-refractivity contribution is 5.93. The van der Waals surface area contributed by atoms with Crippen LogP contribution in [0.4, 0.5) is 5.69 Å². The van der Waals surface area contributed by atoms with Crippen LogP contribution in [0, 0.1) is 11.3 Å². The molecule has 0 fully saturated rings. The van der Waals surface area contributed by atoms with Gasteiger partial charge in [0, 0.05) is 25.6 Å². The van der Waals surface area contributed by atoms with Crippen LogP contribution in [0.5, 0.6) is 0 Å². The number of nitriles is 1. The monoisotopic (exact) mass is 228 g/mol. The Balaban J connectivity index is 2.12. The Morgan fingerprint density at radius 3 is 2.94 bits per heavy atom. The number of hydrogen-bond donors (Lipinski definition) is 0. The van der Waals surface area contributed by atoms with Crippen LogP contribution in [-0.2, 0) is 17.6 Å². The van der Waals surface area contributed by atoms with Gasteiger partial charge in [-0.2, -0.15) is 5.26 Å². The molecule has 0 spiro atoms. The molecule has 0 unspecified atom stereocenters. The minimum absolute atomic E-state index is 0.00416. The smallest absolute Gasteiger partial charge is 0.227 e. The second kappa shape index (κ2) is 5.01. The number of fused-ring (bicyclic) bond motifs is 1. The van der Waals surface area contributed by atoms with Crippen LogP contribution in [0.3, 0.4) is 0 Å². The third kappa shape index (κ3) is 2.47. The van der Waals surface area contributed by atoms with Gasteiger partial charge in [-0.15, -0.1) is 0 Å². The predicted octanol–water partition coefficient (Wildman–Crippen LogP) is 2.44. The van der Waals surface area contributed by atoms with E-state index in [1.807, 2.05) is 12.1 Å². The lowest BCUT2D eigenvalue weighted by Gasteiger charge is -2.17. The van der Waals surface area contributed by atoms with Crippen molar-refractivity contribution in [2.24, 2.45) is 0 Å². The number of carbonyl (C=O) groups excluding carboxylic acids is 1. The summed E-state index contributed by atoms with van der Waals surface area (Å²) >= 11 is 0.